The number of alkyl halides is 2. The first-order valence-electron chi connectivity index (χ1n) is 20.1. The number of aliphatic hydroxyl groups is 2. The van der Waals surface area contributed by atoms with E-state index >= 15 is 8.78 Å². The Morgan fingerprint density at radius 2 is 1.68 bits per heavy atom. The number of aliphatic hydroxyl groups excluding tert-OH is 2. The summed E-state index contributed by atoms with van der Waals surface area (Å²) in [5.74, 6) is -2.60. The summed E-state index contributed by atoms with van der Waals surface area (Å²) in [5, 5.41) is 22.0. The van der Waals surface area contributed by atoms with E-state index in [-0.39, 0.29) is 48.1 Å². The normalized spacial score (nSPS) is 34.9. The SMILES string of the molecule is CSC(C)C(=O)Cc1ccc(C(=O)Cc2cccc(Sc3ccc([C@@H]4O[C@@H]5C[C@H]6[C@@H]7C[C@H](F)C8=CC(=O)C=C[C@]8(C)[C@@]7(F)[C@@H](O)C[C@]6(C)[C@]5(C(=O)CO)O4)cc3)c2)cc1. The van der Waals surface area contributed by atoms with Crippen molar-refractivity contribution in [2.24, 2.45) is 22.7 Å². The minimum Gasteiger partial charge on any atom is -0.390 e. The molecule has 1 unspecified atom stereocenters. The molecule has 1 aliphatic heterocycles. The number of carbonyl (C=O) groups excluding carboxylic acids is 4. The van der Waals surface area contributed by atoms with Gasteiger partial charge in [-0.1, -0.05) is 73.3 Å². The fourth-order valence-corrected chi connectivity index (χ4v) is 12.1. The van der Waals surface area contributed by atoms with Crippen LogP contribution < -0.4 is 0 Å². The smallest absolute Gasteiger partial charge is 0.193 e. The highest BCUT2D eigenvalue weighted by atomic mass is 32.2. The lowest BCUT2D eigenvalue weighted by Gasteiger charge is -2.63. The Kier molecular flexibility index (Phi) is 11.1. The molecule has 0 spiro atoms. The lowest BCUT2D eigenvalue weighted by atomic mass is 9.44. The Labute approximate surface area is 351 Å². The fraction of sp³-hybridized carbons (Fsp3) is 0.447. The third-order valence-electron chi connectivity index (χ3n) is 14.0. The standard InChI is InChI=1S/C47H48F2O8S2/c1-26(58-4)38(52)19-27-8-10-29(11-9-27)39(53)20-28-6-5-7-33(18-28)59-32-14-12-30(13-15-32)43-56-42-23-34-35-22-37(48)36-21-31(51)16-17-44(36,2)46(35,49)40(54)24-45(34,3)47(42,57-43)41(55)25-50/h5-18,21,26,34-35,37,40,42-43,50,54H,19-20,22-25H2,1-4H3/t26?,34-,35-,37-,40-,42+,43+,44-,45-,46-,47+/m0/s1. The highest BCUT2D eigenvalue weighted by Crippen LogP contribution is 2.72. The van der Waals surface area contributed by atoms with Gasteiger partial charge in [-0.2, -0.15) is 11.8 Å². The van der Waals surface area contributed by atoms with Gasteiger partial charge in [-0.15, -0.1) is 0 Å². The topological polar surface area (TPSA) is 127 Å². The molecule has 310 valence electrons. The Bertz CT molecular complexity index is 2240. The third-order valence-corrected chi connectivity index (χ3v) is 16.0. The van der Waals surface area contributed by atoms with Crippen LogP contribution in [0, 0.1) is 22.7 Å². The monoisotopic (exact) mass is 842 g/mol. The lowest BCUT2D eigenvalue weighted by Crippen LogP contribution is -2.70. The number of ether oxygens (including phenoxy) is 2. The van der Waals surface area contributed by atoms with E-state index in [1.165, 1.54) is 42.6 Å². The van der Waals surface area contributed by atoms with Crippen molar-refractivity contribution in [3.05, 3.63) is 119 Å². The molecule has 8 rings (SSSR count). The lowest BCUT2D eigenvalue weighted by molar-refractivity contribution is -0.235. The molecule has 4 fully saturated rings. The van der Waals surface area contributed by atoms with E-state index in [2.05, 4.69) is 0 Å². The molecule has 5 aliphatic rings. The van der Waals surface area contributed by atoms with E-state index in [4.69, 9.17) is 9.47 Å². The minimum absolute atomic E-state index is 0.0209. The molecular weight excluding hydrogens is 795 g/mol. The third kappa shape index (κ3) is 6.73. The summed E-state index contributed by atoms with van der Waals surface area (Å²) in [6.07, 6.45) is 0.755. The van der Waals surface area contributed by atoms with Crippen LogP contribution in [0.15, 0.2) is 106 Å². The number of benzene rings is 3. The van der Waals surface area contributed by atoms with Gasteiger partial charge in [-0.3, -0.25) is 19.2 Å². The number of Topliss-reactive ketones (excluding diaryl/α,β-unsaturated/α-hetero) is 3. The van der Waals surface area contributed by atoms with E-state index in [0.29, 0.717) is 17.5 Å². The number of hydrogen-bond acceptors (Lipinski definition) is 10. The first-order valence-corrected chi connectivity index (χ1v) is 22.2. The van der Waals surface area contributed by atoms with Crippen molar-refractivity contribution in [1.29, 1.82) is 0 Å². The van der Waals surface area contributed by atoms with Crippen molar-refractivity contribution < 1.29 is 47.6 Å². The molecule has 12 heteroatoms. The van der Waals surface area contributed by atoms with Crippen LogP contribution in [0.4, 0.5) is 8.78 Å². The maximum atomic E-state index is 17.7. The maximum absolute atomic E-state index is 17.7. The summed E-state index contributed by atoms with van der Waals surface area (Å²) in [4.78, 5) is 53.5. The number of carbonyl (C=O) groups is 4. The predicted octanol–water partition coefficient (Wildman–Crippen LogP) is 7.77. The van der Waals surface area contributed by atoms with Crippen molar-refractivity contribution in [2.75, 3.05) is 12.9 Å². The molecule has 4 aliphatic carbocycles. The molecule has 2 N–H and O–H groups in total. The summed E-state index contributed by atoms with van der Waals surface area (Å²) in [5.41, 5.74) is -3.86. The van der Waals surface area contributed by atoms with Crippen LogP contribution in [0.5, 0.6) is 0 Å². The Hall–Kier alpha value is -3.78. The van der Waals surface area contributed by atoms with E-state index in [1.807, 2.05) is 73.8 Å². The molecule has 59 heavy (non-hydrogen) atoms. The first kappa shape index (κ1) is 41.9. The number of allylic oxidation sites excluding steroid dienone is 4. The zero-order chi connectivity index (χ0) is 42.1. The van der Waals surface area contributed by atoms with Gasteiger partial charge in [0.1, 0.15) is 18.6 Å². The Balaban J connectivity index is 0.960. The molecule has 1 saturated heterocycles. The summed E-state index contributed by atoms with van der Waals surface area (Å²) >= 11 is 3.02. The van der Waals surface area contributed by atoms with E-state index < -0.39 is 76.8 Å². The van der Waals surface area contributed by atoms with Crippen LogP contribution in [0.2, 0.25) is 0 Å². The van der Waals surface area contributed by atoms with Crippen molar-refractivity contribution in [3.8, 4) is 0 Å². The summed E-state index contributed by atoms with van der Waals surface area (Å²) in [6.45, 7) is 4.32. The Morgan fingerprint density at radius 3 is 2.37 bits per heavy atom. The molecule has 0 aromatic heterocycles. The van der Waals surface area contributed by atoms with Crippen molar-refractivity contribution in [2.45, 2.75) is 104 Å². The maximum Gasteiger partial charge on any atom is 0.193 e. The van der Waals surface area contributed by atoms with Gasteiger partial charge in [-0.05, 0) is 98.4 Å². The Morgan fingerprint density at radius 1 is 0.949 bits per heavy atom. The van der Waals surface area contributed by atoms with Crippen LogP contribution in [0.3, 0.4) is 0 Å². The highest BCUT2D eigenvalue weighted by molar-refractivity contribution is 8.00. The van der Waals surface area contributed by atoms with Gasteiger partial charge in [0.2, 0.25) is 0 Å². The minimum atomic E-state index is -2.32. The molecule has 3 saturated carbocycles. The zero-order valence-electron chi connectivity index (χ0n) is 33.4. The van der Waals surface area contributed by atoms with Crippen molar-refractivity contribution in [1.82, 2.24) is 0 Å². The number of ketones is 4. The van der Waals surface area contributed by atoms with Crippen LogP contribution in [0.25, 0.3) is 0 Å². The summed E-state index contributed by atoms with van der Waals surface area (Å²) in [7, 11) is 0. The number of halogens is 2. The van der Waals surface area contributed by atoms with E-state index in [9.17, 15) is 29.4 Å². The van der Waals surface area contributed by atoms with Gasteiger partial charge >= 0.3 is 0 Å². The molecular formula is C47H48F2O8S2. The number of hydrogen-bond donors (Lipinski definition) is 2. The van der Waals surface area contributed by atoms with E-state index in [0.717, 1.165) is 27.0 Å². The van der Waals surface area contributed by atoms with Crippen LogP contribution >= 0.6 is 23.5 Å². The van der Waals surface area contributed by atoms with Gasteiger partial charge in [0.15, 0.2) is 34.9 Å². The van der Waals surface area contributed by atoms with Gasteiger partial charge in [0.05, 0.1) is 17.5 Å². The molecule has 3 aromatic rings. The summed E-state index contributed by atoms with van der Waals surface area (Å²) < 4.78 is 46.8. The largest absolute Gasteiger partial charge is 0.390 e. The predicted molar refractivity (Wildman–Crippen MR) is 221 cm³/mol. The fourth-order valence-electron chi connectivity index (χ4n) is 10.8. The first-order chi connectivity index (χ1) is 28.1. The quantitative estimate of drug-likeness (QED) is 0.175. The second kappa shape index (κ2) is 15.6. The molecule has 0 bridgehead atoms. The number of thioether (sulfide) groups is 1. The number of rotatable bonds is 12. The summed E-state index contributed by atoms with van der Waals surface area (Å²) in [6, 6.07) is 22.4. The van der Waals surface area contributed by atoms with Gasteiger partial charge in [-0.25, -0.2) is 8.78 Å². The number of fused-ring (bicyclic) bond motifs is 7. The van der Waals surface area contributed by atoms with E-state index in [1.54, 1.807) is 19.1 Å². The van der Waals surface area contributed by atoms with Crippen LogP contribution in [-0.4, -0.2) is 81.1 Å². The van der Waals surface area contributed by atoms with Gasteiger partial charge in [0.25, 0.3) is 0 Å². The van der Waals surface area contributed by atoms with Crippen molar-refractivity contribution in [3.63, 3.8) is 0 Å². The van der Waals surface area contributed by atoms with Gasteiger partial charge in [0, 0.05) is 50.5 Å². The average Bonchev–Trinajstić information content (AvgIpc) is 3.72. The second-order valence-electron chi connectivity index (χ2n) is 17.1. The second-order valence-corrected chi connectivity index (χ2v) is 19.4. The zero-order valence-corrected chi connectivity index (χ0v) is 35.0. The molecule has 8 nitrogen and oxygen atoms in total. The molecule has 11 atom stereocenters. The average molecular weight is 843 g/mol. The van der Waals surface area contributed by atoms with Crippen LogP contribution in [-0.2, 0) is 36.7 Å². The molecule has 0 amide bonds. The molecule has 1 heterocycles. The van der Waals surface area contributed by atoms with Gasteiger partial charge < -0.3 is 19.7 Å². The van der Waals surface area contributed by atoms with Crippen LogP contribution in [0.1, 0.15) is 73.4 Å². The molecule has 0 radical (unpaired) electrons. The highest BCUT2D eigenvalue weighted by Gasteiger charge is 2.80. The van der Waals surface area contributed by atoms with Crippen molar-refractivity contribution >= 4 is 46.7 Å². The molecule has 3 aromatic carbocycles.